The molecule has 1 aromatic heterocycles. The van der Waals surface area contributed by atoms with Gasteiger partial charge in [0.05, 0.1) is 15.9 Å². The zero-order valence-corrected chi connectivity index (χ0v) is 27.3. The van der Waals surface area contributed by atoms with Crippen molar-refractivity contribution in [2.45, 2.75) is 48.5 Å². The highest BCUT2D eigenvalue weighted by Gasteiger charge is 2.35. The molecule has 0 bridgehead atoms. The Morgan fingerprint density at radius 3 is 2.14 bits per heavy atom. The quantitative estimate of drug-likeness (QED) is 0.105. The van der Waals surface area contributed by atoms with Gasteiger partial charge in [-0.15, -0.1) is 0 Å². The van der Waals surface area contributed by atoms with E-state index in [0.29, 0.717) is 24.7 Å². The summed E-state index contributed by atoms with van der Waals surface area (Å²) in [5.74, 6) is 1.64. The topological polar surface area (TPSA) is 81.2 Å². The van der Waals surface area contributed by atoms with Gasteiger partial charge in [-0.2, -0.15) is 4.31 Å². The Morgan fingerprint density at radius 1 is 0.837 bits per heavy atom. The Kier molecular flexibility index (Phi) is 7.74. The first-order valence-corrected chi connectivity index (χ1v) is 17.6. The van der Waals surface area contributed by atoms with Gasteiger partial charge < -0.3 is 10.3 Å². The summed E-state index contributed by atoms with van der Waals surface area (Å²) >= 11 is 8.62. The van der Waals surface area contributed by atoms with Crippen LogP contribution in [0.1, 0.15) is 66.1 Å². The maximum Gasteiger partial charge on any atom is 0.243 e. The molecule has 2 aliphatic rings. The molecule has 2 fully saturated rings. The van der Waals surface area contributed by atoms with Crippen molar-refractivity contribution < 1.29 is 8.42 Å². The van der Waals surface area contributed by atoms with E-state index < -0.39 is 10.0 Å². The predicted octanol–water partition coefficient (Wildman–Crippen LogP) is 7.96. The summed E-state index contributed by atoms with van der Waals surface area (Å²) in [6.45, 7) is 0.919. The van der Waals surface area contributed by atoms with Crippen LogP contribution in [0, 0.1) is 3.57 Å². The fourth-order valence-corrected chi connectivity index (χ4v) is 8.38. The fourth-order valence-electron chi connectivity index (χ4n) is 6.37. The van der Waals surface area contributed by atoms with E-state index in [2.05, 4.69) is 81.8 Å². The van der Waals surface area contributed by atoms with Gasteiger partial charge in [-0.25, -0.2) is 13.4 Å². The molecule has 2 N–H and O–H groups in total. The monoisotopic (exact) mass is 722 g/mol. The lowest BCUT2D eigenvalue weighted by molar-refractivity contribution is 0.274. The number of hydrogen-bond acceptors (Lipinski definition) is 4. The third-order valence-electron chi connectivity index (χ3n) is 8.71. The average Bonchev–Trinajstić information content (AvgIpc) is 3.79. The summed E-state index contributed by atoms with van der Waals surface area (Å²) in [5, 5.41) is 0.719. The van der Waals surface area contributed by atoms with Gasteiger partial charge >= 0.3 is 0 Å². The number of nitrogens with two attached hydrogens (primary N) is 1. The highest BCUT2D eigenvalue weighted by atomic mass is 127. The minimum Gasteiger partial charge on any atom is -0.399 e. The Bertz CT molecular complexity index is 1850. The maximum absolute atomic E-state index is 13.4. The van der Waals surface area contributed by atoms with Crippen LogP contribution in [0.5, 0.6) is 0 Å². The Balaban J connectivity index is 1.25. The second-order valence-corrected chi connectivity index (χ2v) is 15.2. The van der Waals surface area contributed by atoms with E-state index in [1.807, 2.05) is 12.1 Å². The Labute approximate surface area is 271 Å². The van der Waals surface area contributed by atoms with Crippen molar-refractivity contribution in [1.82, 2.24) is 13.9 Å². The van der Waals surface area contributed by atoms with E-state index in [1.54, 1.807) is 28.6 Å². The number of halogens is 2. The van der Waals surface area contributed by atoms with Crippen molar-refractivity contribution in [3.63, 3.8) is 0 Å². The second-order valence-electron chi connectivity index (χ2n) is 11.6. The van der Waals surface area contributed by atoms with Crippen LogP contribution in [0.25, 0.3) is 11.0 Å². The minimum atomic E-state index is -3.60. The van der Waals surface area contributed by atoms with Gasteiger partial charge in [0.1, 0.15) is 5.82 Å². The first-order valence-electron chi connectivity index (χ1n) is 14.7. The van der Waals surface area contributed by atoms with Crippen LogP contribution in [0.3, 0.4) is 0 Å². The minimum absolute atomic E-state index is 0.0386. The zero-order valence-electron chi connectivity index (χ0n) is 23.5. The highest BCUT2D eigenvalue weighted by Crippen LogP contribution is 2.44. The van der Waals surface area contributed by atoms with E-state index in [9.17, 15) is 8.42 Å². The SMILES string of the molecule is Nc1cccc(S(=O)(=O)N2CCC(n3c(C4CC4)nc4ccc(C(c5ccc(Cl)cc5)c5ccc(I)cc5)cc43)CC2)c1. The number of sulfonamides is 1. The van der Waals surface area contributed by atoms with Crippen LogP contribution >= 0.6 is 34.2 Å². The number of imidazole rings is 1. The predicted molar refractivity (Wildman–Crippen MR) is 181 cm³/mol. The molecular formula is C34H32ClIN4O2S. The summed E-state index contributed by atoms with van der Waals surface area (Å²) in [7, 11) is -3.60. The van der Waals surface area contributed by atoms with Gasteiger partial charge in [-0.1, -0.05) is 48.0 Å². The summed E-state index contributed by atoms with van der Waals surface area (Å²) < 4.78 is 32.0. The van der Waals surface area contributed by atoms with Gasteiger partial charge in [-0.3, -0.25) is 0 Å². The number of nitrogens with zero attached hydrogens (tertiary/aromatic N) is 3. The molecule has 220 valence electrons. The number of hydrogen-bond donors (Lipinski definition) is 1. The lowest BCUT2D eigenvalue weighted by Gasteiger charge is -2.33. The fraction of sp³-hybridized carbons (Fsp3) is 0.265. The molecule has 0 radical (unpaired) electrons. The summed E-state index contributed by atoms with van der Waals surface area (Å²) in [6, 6.07) is 30.2. The number of anilines is 1. The normalized spacial score (nSPS) is 17.3. The van der Waals surface area contributed by atoms with E-state index in [0.717, 1.165) is 47.6 Å². The second kappa shape index (κ2) is 11.5. The Morgan fingerprint density at radius 2 is 1.49 bits per heavy atom. The van der Waals surface area contributed by atoms with Crippen molar-refractivity contribution in [2.24, 2.45) is 0 Å². The molecule has 0 spiro atoms. The molecule has 1 aliphatic carbocycles. The molecule has 0 amide bonds. The molecule has 9 heteroatoms. The van der Waals surface area contributed by atoms with Gasteiger partial charge in [0, 0.05) is 45.2 Å². The van der Waals surface area contributed by atoms with Crippen molar-refractivity contribution in [1.29, 1.82) is 0 Å². The van der Waals surface area contributed by atoms with E-state index in [1.165, 1.54) is 20.3 Å². The van der Waals surface area contributed by atoms with Crippen molar-refractivity contribution in [3.05, 3.63) is 122 Å². The van der Waals surface area contributed by atoms with Gasteiger partial charge in [-0.05, 0) is 120 Å². The van der Waals surface area contributed by atoms with Gasteiger partial charge in [0.25, 0.3) is 0 Å². The molecule has 2 heterocycles. The average molecular weight is 723 g/mol. The number of piperidine rings is 1. The maximum atomic E-state index is 13.4. The van der Waals surface area contributed by atoms with E-state index in [-0.39, 0.29) is 16.9 Å². The smallest absolute Gasteiger partial charge is 0.243 e. The van der Waals surface area contributed by atoms with E-state index in [4.69, 9.17) is 22.3 Å². The standard InChI is InChI=1S/C34H32ClIN4O2S/c35-26-11-6-22(7-12-26)33(23-8-13-27(36)14-9-23)25-10-15-31-32(20-25)40(34(38-31)24-4-5-24)29-16-18-39(19-17-29)43(41,42)30-3-1-2-28(37)21-30/h1-3,6-15,20-21,24,29,33H,4-5,16-19,37H2. The third-order valence-corrected chi connectivity index (χ3v) is 11.6. The summed E-state index contributed by atoms with van der Waals surface area (Å²) in [4.78, 5) is 5.40. The molecular weight excluding hydrogens is 691 g/mol. The number of nitrogen functional groups attached to an aromatic ring is 1. The molecule has 1 unspecified atom stereocenters. The number of fused-ring (bicyclic) bond motifs is 1. The zero-order chi connectivity index (χ0) is 29.7. The summed E-state index contributed by atoms with van der Waals surface area (Å²) in [5.41, 5.74) is 12.1. The molecule has 1 saturated heterocycles. The molecule has 1 atom stereocenters. The van der Waals surface area contributed by atoms with Gasteiger partial charge in [0.2, 0.25) is 10.0 Å². The Hall–Kier alpha value is -2.92. The van der Waals surface area contributed by atoms with E-state index >= 15 is 0 Å². The number of rotatable bonds is 7. The highest BCUT2D eigenvalue weighted by molar-refractivity contribution is 14.1. The lowest BCUT2D eigenvalue weighted by atomic mass is 9.85. The van der Waals surface area contributed by atoms with Crippen LogP contribution < -0.4 is 5.73 Å². The summed E-state index contributed by atoms with van der Waals surface area (Å²) in [6.07, 6.45) is 3.76. The third kappa shape index (κ3) is 5.70. The van der Waals surface area contributed by atoms with Crippen LogP contribution in [0.15, 0.2) is 95.9 Å². The largest absolute Gasteiger partial charge is 0.399 e. The van der Waals surface area contributed by atoms with Gasteiger partial charge in [0.15, 0.2) is 0 Å². The molecule has 6 nitrogen and oxygen atoms in total. The van der Waals surface area contributed by atoms with Crippen molar-refractivity contribution in [2.75, 3.05) is 18.8 Å². The number of aromatic nitrogens is 2. The lowest BCUT2D eigenvalue weighted by Crippen LogP contribution is -2.39. The first-order chi connectivity index (χ1) is 20.8. The molecule has 43 heavy (non-hydrogen) atoms. The molecule has 1 saturated carbocycles. The van der Waals surface area contributed by atoms with Crippen molar-refractivity contribution in [3.8, 4) is 0 Å². The van der Waals surface area contributed by atoms with Crippen LogP contribution in [-0.4, -0.2) is 35.4 Å². The number of benzene rings is 4. The molecule has 5 aromatic rings. The molecule has 4 aromatic carbocycles. The van der Waals surface area contributed by atoms with Crippen molar-refractivity contribution >= 4 is 60.9 Å². The van der Waals surface area contributed by atoms with Crippen LogP contribution in [0.4, 0.5) is 5.69 Å². The molecule has 1 aliphatic heterocycles. The molecule has 7 rings (SSSR count). The van der Waals surface area contributed by atoms with Crippen LogP contribution in [-0.2, 0) is 10.0 Å². The first kappa shape index (κ1) is 28.8. The van der Waals surface area contributed by atoms with Crippen LogP contribution in [0.2, 0.25) is 5.02 Å².